The largest absolute Gasteiger partial charge is 0.481 e. The number of anilines is 1. The van der Waals surface area contributed by atoms with Gasteiger partial charge in [0.2, 0.25) is 22.7 Å². The first-order valence-electron chi connectivity index (χ1n) is 7.84. The van der Waals surface area contributed by atoms with Crippen LogP contribution in [0.15, 0.2) is 23.2 Å². The van der Waals surface area contributed by atoms with Crippen molar-refractivity contribution in [2.24, 2.45) is 0 Å². The number of ether oxygens (including phenoxy) is 2. The van der Waals surface area contributed by atoms with Crippen LogP contribution in [0, 0.1) is 0 Å². The predicted octanol–water partition coefficient (Wildman–Crippen LogP) is 1.74. The van der Waals surface area contributed by atoms with Crippen LogP contribution in [-0.4, -0.2) is 52.7 Å². The van der Waals surface area contributed by atoms with E-state index in [9.17, 15) is 13.2 Å². The summed E-state index contributed by atoms with van der Waals surface area (Å²) >= 11 is 11.7. The highest BCUT2D eigenvalue weighted by Gasteiger charge is 2.28. The van der Waals surface area contributed by atoms with E-state index in [-0.39, 0.29) is 33.7 Å². The van der Waals surface area contributed by atoms with Crippen molar-refractivity contribution in [1.82, 2.24) is 29.3 Å². The van der Waals surface area contributed by atoms with Crippen LogP contribution in [0.2, 0.25) is 10.3 Å². The molecule has 3 aromatic rings. The molecular formula is C14H13Cl2N7O5S. The molecule has 154 valence electrons. The van der Waals surface area contributed by atoms with Gasteiger partial charge in [0, 0.05) is 12.1 Å². The van der Waals surface area contributed by atoms with Gasteiger partial charge in [0.1, 0.15) is 5.15 Å². The number of hydrogen-bond donors (Lipinski definition) is 2. The number of nitrogens with zero attached hydrogens (tertiary/aromatic N) is 5. The zero-order chi connectivity index (χ0) is 21.2. The van der Waals surface area contributed by atoms with Gasteiger partial charge >= 0.3 is 6.03 Å². The Balaban J connectivity index is 1.89. The third-order valence-corrected chi connectivity index (χ3v) is 5.15. The fourth-order valence-corrected chi connectivity index (χ4v) is 3.84. The second kappa shape index (κ2) is 8.23. The molecule has 0 saturated carbocycles. The second-order valence-electron chi connectivity index (χ2n) is 5.20. The highest BCUT2D eigenvalue weighted by atomic mass is 35.5. The lowest BCUT2D eigenvalue weighted by Crippen LogP contribution is -2.35. The molecule has 0 aliphatic heterocycles. The molecule has 0 aliphatic carbocycles. The minimum atomic E-state index is -4.48. The number of fused-ring (bicyclic) bond motifs is 1. The smallest absolute Gasteiger partial charge is 0.335 e. The Morgan fingerprint density at radius 1 is 1.21 bits per heavy atom. The molecule has 2 amide bonds. The minimum absolute atomic E-state index is 0.0208. The fraction of sp³-hybridized carbons (Fsp3) is 0.214. The van der Waals surface area contributed by atoms with Gasteiger partial charge in [-0.15, -0.1) is 5.10 Å². The molecule has 0 bridgehead atoms. The molecule has 0 atom stereocenters. The molecule has 2 N–H and O–H groups in total. The molecule has 15 heteroatoms. The molecule has 0 saturated heterocycles. The minimum Gasteiger partial charge on any atom is -0.481 e. The van der Waals surface area contributed by atoms with Crippen molar-refractivity contribution in [3.8, 4) is 11.8 Å². The summed E-state index contributed by atoms with van der Waals surface area (Å²) in [6, 6.07) is 3.11. The average molecular weight is 462 g/mol. The van der Waals surface area contributed by atoms with E-state index in [1.165, 1.54) is 25.3 Å². The zero-order valence-electron chi connectivity index (χ0n) is 14.9. The Labute approximate surface area is 174 Å². The van der Waals surface area contributed by atoms with Gasteiger partial charge < -0.3 is 9.47 Å². The van der Waals surface area contributed by atoms with Gasteiger partial charge in [-0.1, -0.05) is 23.2 Å². The van der Waals surface area contributed by atoms with Crippen molar-refractivity contribution in [2.45, 2.75) is 11.9 Å². The summed E-state index contributed by atoms with van der Waals surface area (Å²) in [5, 5.41) is 5.21. The number of sulfonamides is 1. The molecule has 29 heavy (non-hydrogen) atoms. The molecule has 3 heterocycles. The Morgan fingerprint density at radius 2 is 1.97 bits per heavy atom. The van der Waals surface area contributed by atoms with E-state index in [0.29, 0.717) is 6.61 Å². The third-order valence-electron chi connectivity index (χ3n) is 3.25. The summed E-state index contributed by atoms with van der Waals surface area (Å²) in [4.78, 5) is 23.7. The molecule has 0 aromatic carbocycles. The van der Waals surface area contributed by atoms with Gasteiger partial charge in [0.15, 0.2) is 10.8 Å². The van der Waals surface area contributed by atoms with Gasteiger partial charge in [-0.2, -0.15) is 17.9 Å². The van der Waals surface area contributed by atoms with Gasteiger partial charge in [-0.25, -0.2) is 19.5 Å². The van der Waals surface area contributed by atoms with Gasteiger partial charge in [0.05, 0.1) is 13.7 Å². The summed E-state index contributed by atoms with van der Waals surface area (Å²) < 4.78 is 38.3. The monoisotopic (exact) mass is 461 g/mol. The molecular weight excluding hydrogens is 449 g/mol. The van der Waals surface area contributed by atoms with Crippen LogP contribution < -0.4 is 19.5 Å². The van der Waals surface area contributed by atoms with E-state index in [1.54, 1.807) is 11.6 Å². The lowest BCUT2D eigenvalue weighted by Gasteiger charge is -2.09. The van der Waals surface area contributed by atoms with E-state index in [0.717, 1.165) is 4.52 Å². The summed E-state index contributed by atoms with van der Waals surface area (Å²) in [5.74, 6) is -0.0573. The predicted molar refractivity (Wildman–Crippen MR) is 102 cm³/mol. The number of methoxy groups -OCH3 is 1. The average Bonchev–Trinajstić information content (AvgIpc) is 2.96. The normalized spacial score (nSPS) is 11.3. The van der Waals surface area contributed by atoms with Crippen LogP contribution in [0.1, 0.15) is 6.92 Å². The van der Waals surface area contributed by atoms with Crippen LogP contribution in [0.25, 0.3) is 5.65 Å². The summed E-state index contributed by atoms with van der Waals surface area (Å²) in [5.41, 5.74) is 0.141. The molecule has 0 spiro atoms. The number of urea groups is 1. The van der Waals surface area contributed by atoms with Crippen molar-refractivity contribution < 1.29 is 22.7 Å². The van der Waals surface area contributed by atoms with Gasteiger partial charge in [-0.05, 0) is 13.0 Å². The highest BCUT2D eigenvalue weighted by molar-refractivity contribution is 7.90. The molecule has 0 fully saturated rings. The summed E-state index contributed by atoms with van der Waals surface area (Å²) in [6.45, 7) is 2.05. The molecule has 0 radical (unpaired) electrons. The number of aromatic nitrogens is 5. The van der Waals surface area contributed by atoms with Crippen LogP contribution in [-0.2, 0) is 10.0 Å². The van der Waals surface area contributed by atoms with Crippen molar-refractivity contribution in [3.05, 3.63) is 28.5 Å². The van der Waals surface area contributed by atoms with Crippen molar-refractivity contribution in [3.63, 3.8) is 0 Å². The SMILES string of the molecule is CCOc1ccc2nc(Cl)c(S(=O)(=O)NC(=O)Nc3nc(Cl)cc(OC)n3)n2n1. The number of hydrogen-bond acceptors (Lipinski definition) is 9. The molecule has 3 aromatic heterocycles. The van der Waals surface area contributed by atoms with E-state index in [1.807, 2.05) is 0 Å². The Bertz CT molecular complexity index is 1180. The van der Waals surface area contributed by atoms with Gasteiger partial charge in [0.25, 0.3) is 10.0 Å². The first-order valence-corrected chi connectivity index (χ1v) is 10.1. The molecule has 3 rings (SSSR count). The number of carbonyl (C=O) groups excluding carboxylic acids is 1. The number of nitrogens with one attached hydrogen (secondary N) is 2. The Morgan fingerprint density at radius 3 is 2.66 bits per heavy atom. The van der Waals surface area contributed by atoms with E-state index in [2.05, 4.69) is 25.4 Å². The maximum atomic E-state index is 12.7. The van der Waals surface area contributed by atoms with Crippen molar-refractivity contribution in [2.75, 3.05) is 19.0 Å². The Kier molecular flexibility index (Phi) is 5.91. The number of rotatable bonds is 6. The summed E-state index contributed by atoms with van der Waals surface area (Å²) in [7, 11) is -3.15. The first-order chi connectivity index (χ1) is 13.7. The third kappa shape index (κ3) is 4.58. The summed E-state index contributed by atoms with van der Waals surface area (Å²) in [6.07, 6.45) is 0. The van der Waals surface area contributed by atoms with Gasteiger partial charge in [-0.3, -0.25) is 5.32 Å². The first kappa shape index (κ1) is 20.8. The van der Waals surface area contributed by atoms with Crippen molar-refractivity contribution >= 4 is 50.9 Å². The van der Waals surface area contributed by atoms with E-state index >= 15 is 0 Å². The highest BCUT2D eigenvalue weighted by Crippen LogP contribution is 2.23. The standard InChI is InChI=1S/C14H13Cl2N7O5S/c1-3-28-9-5-4-8-18-11(16)12(23(8)21-9)29(25,26)22-14(24)20-13-17-7(15)6-10(19-13)27-2/h4-6H,3H2,1-2H3,(H2,17,19,20,22,24). The number of amides is 2. The quantitative estimate of drug-likeness (QED) is 0.522. The van der Waals surface area contributed by atoms with Crippen molar-refractivity contribution in [1.29, 1.82) is 0 Å². The van der Waals surface area contributed by atoms with Crippen LogP contribution in [0.3, 0.4) is 0 Å². The van der Waals surface area contributed by atoms with E-state index in [4.69, 9.17) is 32.7 Å². The number of halogens is 2. The number of carbonyl (C=O) groups is 1. The lowest BCUT2D eigenvalue weighted by molar-refractivity contribution is 0.256. The fourth-order valence-electron chi connectivity index (χ4n) is 2.17. The molecule has 0 unspecified atom stereocenters. The molecule has 12 nitrogen and oxygen atoms in total. The van der Waals surface area contributed by atoms with Crippen LogP contribution >= 0.6 is 23.2 Å². The van der Waals surface area contributed by atoms with E-state index < -0.39 is 21.1 Å². The zero-order valence-corrected chi connectivity index (χ0v) is 17.2. The van der Waals surface area contributed by atoms with Crippen LogP contribution in [0.5, 0.6) is 11.8 Å². The maximum Gasteiger partial charge on any atom is 0.335 e. The lowest BCUT2D eigenvalue weighted by atomic mass is 10.5. The maximum absolute atomic E-state index is 12.7. The van der Waals surface area contributed by atoms with Crippen LogP contribution in [0.4, 0.5) is 10.7 Å². The number of imidazole rings is 1. The second-order valence-corrected chi connectivity index (χ2v) is 7.54. The Hall–Kier alpha value is -2.90. The topological polar surface area (TPSA) is 150 Å². The molecule has 0 aliphatic rings.